The molecule has 0 aliphatic rings. The van der Waals surface area contributed by atoms with Crippen molar-refractivity contribution in [1.82, 2.24) is 10.3 Å². The highest BCUT2D eigenvalue weighted by Gasteiger charge is 2.23. The number of nitrogens with one attached hydrogen (secondary N) is 2. The molecule has 0 aliphatic heterocycles. The molecular weight excluding hydrogens is 268 g/mol. The Kier molecular flexibility index (Phi) is 4.62. The van der Waals surface area contributed by atoms with Crippen LogP contribution in [0.3, 0.4) is 0 Å². The van der Waals surface area contributed by atoms with Gasteiger partial charge in [0.2, 0.25) is 5.91 Å². The van der Waals surface area contributed by atoms with Crippen LogP contribution in [-0.2, 0) is 20.7 Å². The maximum Gasteiger partial charge on any atom is 0.329 e. The lowest BCUT2D eigenvalue weighted by Gasteiger charge is -2.18. The normalized spacial score (nSPS) is 12.4. The highest BCUT2D eigenvalue weighted by molar-refractivity contribution is 5.86. The highest BCUT2D eigenvalue weighted by atomic mass is 16.5. The summed E-state index contributed by atoms with van der Waals surface area (Å²) in [6, 6.07) is 7.17. The first-order chi connectivity index (χ1) is 9.97. The van der Waals surface area contributed by atoms with Crippen LogP contribution in [0.4, 0.5) is 0 Å². The predicted molar refractivity (Wildman–Crippen MR) is 80.8 cm³/mol. The SMILES string of the molecule is CC(=O)NC(Cc1c[nH]c2ccccc12)C(=O)OC(C)C. The lowest BCUT2D eigenvalue weighted by Crippen LogP contribution is -2.43. The second-order valence-corrected chi connectivity index (χ2v) is 5.30. The zero-order valence-electron chi connectivity index (χ0n) is 12.5. The van der Waals surface area contributed by atoms with Crippen molar-refractivity contribution in [1.29, 1.82) is 0 Å². The van der Waals surface area contributed by atoms with Gasteiger partial charge in [0.25, 0.3) is 0 Å². The molecule has 0 fully saturated rings. The van der Waals surface area contributed by atoms with E-state index in [1.165, 1.54) is 6.92 Å². The van der Waals surface area contributed by atoms with Crippen LogP contribution in [0.5, 0.6) is 0 Å². The Morgan fingerprint density at radius 1 is 1.29 bits per heavy atom. The van der Waals surface area contributed by atoms with E-state index in [4.69, 9.17) is 4.74 Å². The van der Waals surface area contributed by atoms with Gasteiger partial charge >= 0.3 is 5.97 Å². The summed E-state index contributed by atoms with van der Waals surface area (Å²) < 4.78 is 5.21. The number of para-hydroxylation sites is 1. The van der Waals surface area contributed by atoms with Gasteiger partial charge in [0.1, 0.15) is 6.04 Å². The summed E-state index contributed by atoms with van der Waals surface area (Å²) in [5, 5.41) is 3.71. The number of carbonyl (C=O) groups excluding carboxylic acids is 2. The number of esters is 1. The number of carbonyl (C=O) groups is 2. The molecule has 2 aromatic rings. The minimum Gasteiger partial charge on any atom is -0.461 e. The Labute approximate surface area is 123 Å². The Morgan fingerprint density at radius 3 is 2.67 bits per heavy atom. The van der Waals surface area contributed by atoms with Crippen molar-refractivity contribution in [3.05, 3.63) is 36.0 Å². The largest absolute Gasteiger partial charge is 0.461 e. The van der Waals surface area contributed by atoms with Crippen molar-refractivity contribution in [3.8, 4) is 0 Å². The van der Waals surface area contributed by atoms with E-state index in [9.17, 15) is 9.59 Å². The van der Waals surface area contributed by atoms with Gasteiger partial charge in [0, 0.05) is 30.4 Å². The van der Waals surface area contributed by atoms with Gasteiger partial charge < -0.3 is 15.0 Å². The first kappa shape index (κ1) is 15.1. The number of amides is 1. The zero-order chi connectivity index (χ0) is 15.4. The van der Waals surface area contributed by atoms with E-state index in [-0.39, 0.29) is 12.0 Å². The second-order valence-electron chi connectivity index (χ2n) is 5.30. The number of rotatable bonds is 5. The standard InChI is InChI=1S/C16H20N2O3/c1-10(2)21-16(20)15(18-11(3)19)8-12-9-17-14-7-5-4-6-13(12)14/h4-7,9-10,15,17H,8H2,1-3H3,(H,18,19). The molecule has 0 saturated heterocycles. The molecular formula is C16H20N2O3. The lowest BCUT2D eigenvalue weighted by atomic mass is 10.0. The van der Waals surface area contributed by atoms with Crippen LogP contribution < -0.4 is 5.32 Å². The van der Waals surface area contributed by atoms with Gasteiger partial charge in [-0.2, -0.15) is 0 Å². The maximum atomic E-state index is 12.1. The molecule has 1 unspecified atom stereocenters. The minimum atomic E-state index is -0.677. The number of hydrogen-bond donors (Lipinski definition) is 2. The number of hydrogen-bond acceptors (Lipinski definition) is 3. The molecule has 0 spiro atoms. The molecule has 0 radical (unpaired) electrons. The van der Waals surface area contributed by atoms with Gasteiger partial charge in [-0.3, -0.25) is 4.79 Å². The first-order valence-electron chi connectivity index (χ1n) is 7.00. The van der Waals surface area contributed by atoms with Crippen LogP contribution in [0.1, 0.15) is 26.3 Å². The zero-order valence-corrected chi connectivity index (χ0v) is 12.5. The van der Waals surface area contributed by atoms with Crippen molar-refractivity contribution in [2.45, 2.75) is 39.3 Å². The molecule has 21 heavy (non-hydrogen) atoms. The van der Waals surface area contributed by atoms with Gasteiger partial charge in [-0.25, -0.2) is 4.79 Å². The summed E-state index contributed by atoms with van der Waals surface area (Å²) in [6.07, 6.45) is 2.05. The number of H-pyrrole nitrogens is 1. The number of ether oxygens (including phenoxy) is 1. The van der Waals surface area contributed by atoms with Crippen molar-refractivity contribution >= 4 is 22.8 Å². The van der Waals surface area contributed by atoms with E-state index in [1.807, 2.05) is 30.5 Å². The molecule has 1 aromatic carbocycles. The smallest absolute Gasteiger partial charge is 0.329 e. The van der Waals surface area contributed by atoms with E-state index in [0.717, 1.165) is 16.5 Å². The summed E-state index contributed by atoms with van der Waals surface area (Å²) >= 11 is 0. The van der Waals surface area contributed by atoms with Crippen LogP contribution in [0.25, 0.3) is 10.9 Å². The predicted octanol–water partition coefficient (Wildman–Crippen LogP) is 2.17. The molecule has 0 aliphatic carbocycles. The Hall–Kier alpha value is -2.30. The average molecular weight is 288 g/mol. The van der Waals surface area contributed by atoms with Gasteiger partial charge in [-0.15, -0.1) is 0 Å². The summed E-state index contributed by atoms with van der Waals surface area (Å²) in [5.74, 6) is -0.661. The van der Waals surface area contributed by atoms with Gasteiger partial charge in [0.05, 0.1) is 6.10 Å². The van der Waals surface area contributed by atoms with Gasteiger partial charge in [-0.1, -0.05) is 18.2 Å². The molecule has 0 saturated carbocycles. The molecule has 1 atom stereocenters. The lowest BCUT2D eigenvalue weighted by molar-refractivity contribution is -0.151. The van der Waals surface area contributed by atoms with Crippen LogP contribution in [-0.4, -0.2) is 29.0 Å². The topological polar surface area (TPSA) is 71.2 Å². The first-order valence-corrected chi connectivity index (χ1v) is 7.00. The van der Waals surface area contributed by atoms with Gasteiger partial charge in [0.15, 0.2) is 0 Å². The average Bonchev–Trinajstić information content (AvgIpc) is 2.80. The third-order valence-corrected chi connectivity index (χ3v) is 3.11. The third-order valence-electron chi connectivity index (χ3n) is 3.11. The number of fused-ring (bicyclic) bond motifs is 1. The van der Waals surface area contributed by atoms with E-state index >= 15 is 0 Å². The highest BCUT2D eigenvalue weighted by Crippen LogP contribution is 2.19. The number of benzene rings is 1. The van der Waals surface area contributed by atoms with Crippen LogP contribution in [0.15, 0.2) is 30.5 Å². The third kappa shape index (κ3) is 3.84. The fourth-order valence-electron chi connectivity index (χ4n) is 2.27. The van der Waals surface area contributed by atoms with E-state index in [2.05, 4.69) is 10.3 Å². The van der Waals surface area contributed by atoms with Crippen LogP contribution >= 0.6 is 0 Å². The molecule has 112 valence electrons. The Bertz CT molecular complexity index is 646. The quantitative estimate of drug-likeness (QED) is 0.828. The van der Waals surface area contributed by atoms with Crippen molar-refractivity contribution in [2.24, 2.45) is 0 Å². The molecule has 2 rings (SSSR count). The second kappa shape index (κ2) is 6.43. The monoisotopic (exact) mass is 288 g/mol. The summed E-state index contributed by atoms with van der Waals surface area (Å²) in [5.41, 5.74) is 1.98. The molecule has 1 amide bonds. The Morgan fingerprint density at radius 2 is 2.00 bits per heavy atom. The van der Waals surface area contributed by atoms with Crippen LogP contribution in [0, 0.1) is 0 Å². The summed E-state index contributed by atoms with van der Waals surface area (Å²) in [7, 11) is 0. The molecule has 0 bridgehead atoms. The van der Waals surface area contributed by atoms with Crippen LogP contribution in [0.2, 0.25) is 0 Å². The van der Waals surface area contributed by atoms with E-state index < -0.39 is 12.0 Å². The Balaban J connectivity index is 2.21. The van der Waals surface area contributed by atoms with Crippen molar-refractivity contribution in [3.63, 3.8) is 0 Å². The minimum absolute atomic E-state index is 0.211. The van der Waals surface area contributed by atoms with Gasteiger partial charge in [-0.05, 0) is 25.5 Å². The number of aromatic amines is 1. The molecule has 1 aromatic heterocycles. The van der Waals surface area contributed by atoms with E-state index in [0.29, 0.717) is 6.42 Å². The molecule has 5 heteroatoms. The van der Waals surface area contributed by atoms with Crippen molar-refractivity contribution < 1.29 is 14.3 Å². The fraction of sp³-hybridized carbons (Fsp3) is 0.375. The fourth-order valence-corrected chi connectivity index (χ4v) is 2.27. The summed E-state index contributed by atoms with van der Waals surface area (Å²) in [6.45, 7) is 4.97. The molecule has 2 N–H and O–H groups in total. The molecule has 5 nitrogen and oxygen atoms in total. The van der Waals surface area contributed by atoms with E-state index in [1.54, 1.807) is 13.8 Å². The number of aromatic nitrogens is 1. The van der Waals surface area contributed by atoms with Crippen molar-refractivity contribution in [2.75, 3.05) is 0 Å². The summed E-state index contributed by atoms with van der Waals surface area (Å²) in [4.78, 5) is 26.6. The maximum absolute atomic E-state index is 12.1. The molecule has 1 heterocycles.